The first-order valence-corrected chi connectivity index (χ1v) is 7.42. The predicted molar refractivity (Wildman–Crippen MR) is 89.6 cm³/mol. The Kier molecular flexibility index (Phi) is 4.04. The summed E-state index contributed by atoms with van der Waals surface area (Å²) < 4.78 is 6.94. The molecule has 5 nitrogen and oxygen atoms in total. The summed E-state index contributed by atoms with van der Waals surface area (Å²) in [6.07, 6.45) is 1.84. The van der Waals surface area contributed by atoms with E-state index in [4.69, 9.17) is 10.5 Å². The number of aromatic nitrogens is 1. The largest absolute Gasteiger partial charge is 0.462 e. The number of nitrogens with two attached hydrogens (primary N) is 1. The maximum Gasteiger partial charge on any atom is 0.338 e. The van der Waals surface area contributed by atoms with Crippen LogP contribution in [0.4, 0.5) is 5.69 Å². The van der Waals surface area contributed by atoms with Gasteiger partial charge < -0.3 is 20.1 Å². The highest BCUT2D eigenvalue weighted by atomic mass is 16.5. The lowest BCUT2D eigenvalue weighted by Crippen LogP contribution is -2.04. The Morgan fingerprint density at radius 3 is 2.61 bits per heavy atom. The Morgan fingerprint density at radius 1 is 1.22 bits per heavy atom. The number of hydrogen-bond donors (Lipinski definition) is 2. The Bertz CT molecular complexity index is 851. The van der Waals surface area contributed by atoms with Gasteiger partial charge >= 0.3 is 5.97 Å². The van der Waals surface area contributed by atoms with Gasteiger partial charge in [-0.3, -0.25) is 0 Å². The van der Waals surface area contributed by atoms with E-state index in [0.29, 0.717) is 17.9 Å². The van der Waals surface area contributed by atoms with Crippen molar-refractivity contribution in [3.8, 4) is 5.69 Å². The van der Waals surface area contributed by atoms with E-state index in [1.807, 2.05) is 41.1 Å². The molecule has 0 aliphatic rings. The molecule has 0 saturated heterocycles. The van der Waals surface area contributed by atoms with Crippen LogP contribution < -0.4 is 5.73 Å². The van der Waals surface area contributed by atoms with Gasteiger partial charge in [0.2, 0.25) is 0 Å². The van der Waals surface area contributed by atoms with Crippen LogP contribution in [-0.2, 0) is 11.3 Å². The van der Waals surface area contributed by atoms with Gasteiger partial charge in [-0.15, -0.1) is 0 Å². The van der Waals surface area contributed by atoms with Gasteiger partial charge in [-0.05, 0) is 48.9 Å². The number of fused-ring (bicyclic) bond motifs is 1. The first kappa shape index (κ1) is 15.1. The Hall–Kier alpha value is -2.79. The molecule has 23 heavy (non-hydrogen) atoms. The van der Waals surface area contributed by atoms with E-state index in [2.05, 4.69) is 0 Å². The molecule has 0 unspecified atom stereocenters. The first-order valence-electron chi connectivity index (χ1n) is 7.42. The lowest BCUT2D eigenvalue weighted by atomic mass is 10.1. The second-order valence-corrected chi connectivity index (χ2v) is 5.23. The van der Waals surface area contributed by atoms with Gasteiger partial charge in [-0.25, -0.2) is 4.79 Å². The summed E-state index contributed by atoms with van der Waals surface area (Å²) in [5, 5.41) is 10.1. The Labute approximate surface area is 133 Å². The van der Waals surface area contributed by atoms with Crippen molar-refractivity contribution in [2.24, 2.45) is 0 Å². The molecule has 1 aromatic heterocycles. The molecule has 3 N–H and O–H groups in total. The molecule has 0 amide bonds. The van der Waals surface area contributed by atoms with Crippen LogP contribution >= 0.6 is 0 Å². The molecule has 3 aromatic rings. The fourth-order valence-electron chi connectivity index (χ4n) is 2.59. The number of hydrogen-bond acceptors (Lipinski definition) is 4. The molecule has 1 heterocycles. The van der Waals surface area contributed by atoms with Crippen molar-refractivity contribution in [3.63, 3.8) is 0 Å². The van der Waals surface area contributed by atoms with Crippen LogP contribution in [0.3, 0.4) is 0 Å². The molecule has 3 rings (SSSR count). The average molecular weight is 310 g/mol. The van der Waals surface area contributed by atoms with Gasteiger partial charge in [0.1, 0.15) is 0 Å². The Balaban J connectivity index is 2.02. The number of aliphatic hydroxyl groups is 1. The summed E-state index contributed by atoms with van der Waals surface area (Å²) in [5.74, 6) is -0.330. The Morgan fingerprint density at radius 2 is 1.96 bits per heavy atom. The van der Waals surface area contributed by atoms with Crippen molar-refractivity contribution in [1.29, 1.82) is 0 Å². The van der Waals surface area contributed by atoms with Crippen LogP contribution in [0.5, 0.6) is 0 Å². The number of carbonyl (C=O) groups excluding carboxylic acids is 1. The van der Waals surface area contributed by atoms with Crippen molar-refractivity contribution in [2.45, 2.75) is 13.5 Å². The number of nitrogens with zero attached hydrogens (tertiary/aromatic N) is 1. The number of carbonyl (C=O) groups is 1. The minimum atomic E-state index is -0.330. The summed E-state index contributed by atoms with van der Waals surface area (Å²) >= 11 is 0. The smallest absolute Gasteiger partial charge is 0.338 e. The van der Waals surface area contributed by atoms with Crippen molar-refractivity contribution in [2.75, 3.05) is 12.3 Å². The summed E-state index contributed by atoms with van der Waals surface area (Å²) in [4.78, 5) is 11.7. The molecule has 2 aromatic carbocycles. The molecule has 5 heteroatoms. The SMILES string of the molecule is CCOC(=O)c1ccc(-n2cc(N)c3cc(CO)ccc32)cc1. The van der Waals surface area contributed by atoms with E-state index >= 15 is 0 Å². The van der Waals surface area contributed by atoms with Gasteiger partial charge in [0.05, 0.1) is 30.0 Å². The highest BCUT2D eigenvalue weighted by Gasteiger charge is 2.10. The lowest BCUT2D eigenvalue weighted by Gasteiger charge is -2.07. The zero-order valence-electron chi connectivity index (χ0n) is 12.8. The standard InChI is InChI=1S/C18H18N2O3/c1-2-23-18(22)13-4-6-14(7-5-13)20-10-16(19)15-9-12(11-21)3-8-17(15)20/h3-10,21H,2,11,19H2,1H3. The van der Waals surface area contributed by atoms with Crippen molar-refractivity contribution in [3.05, 3.63) is 59.8 Å². The van der Waals surface area contributed by atoms with Gasteiger partial charge in [0, 0.05) is 17.3 Å². The fraction of sp³-hybridized carbons (Fsp3) is 0.167. The van der Waals surface area contributed by atoms with E-state index in [1.165, 1.54) is 0 Å². The van der Waals surface area contributed by atoms with E-state index in [0.717, 1.165) is 22.2 Å². The summed E-state index contributed by atoms with van der Waals surface area (Å²) in [6, 6.07) is 12.8. The molecule has 0 radical (unpaired) electrons. The van der Waals surface area contributed by atoms with Crippen molar-refractivity contribution in [1.82, 2.24) is 4.57 Å². The average Bonchev–Trinajstić information content (AvgIpc) is 2.91. The second-order valence-electron chi connectivity index (χ2n) is 5.23. The highest BCUT2D eigenvalue weighted by Crippen LogP contribution is 2.28. The third kappa shape index (κ3) is 2.78. The molecular formula is C18H18N2O3. The first-order chi connectivity index (χ1) is 11.1. The third-order valence-electron chi connectivity index (χ3n) is 3.74. The van der Waals surface area contributed by atoms with Gasteiger partial charge in [0.25, 0.3) is 0 Å². The van der Waals surface area contributed by atoms with Crippen molar-refractivity contribution < 1.29 is 14.6 Å². The molecule has 118 valence electrons. The monoisotopic (exact) mass is 310 g/mol. The lowest BCUT2D eigenvalue weighted by molar-refractivity contribution is 0.0526. The van der Waals surface area contributed by atoms with Crippen LogP contribution in [0.1, 0.15) is 22.8 Å². The summed E-state index contributed by atoms with van der Waals surface area (Å²) in [7, 11) is 0. The van der Waals surface area contributed by atoms with Gasteiger partial charge in [-0.2, -0.15) is 0 Å². The van der Waals surface area contributed by atoms with Crippen LogP contribution in [0, 0.1) is 0 Å². The van der Waals surface area contributed by atoms with E-state index in [-0.39, 0.29) is 12.6 Å². The minimum absolute atomic E-state index is 0.0191. The molecule has 0 aliphatic carbocycles. The van der Waals surface area contributed by atoms with Crippen LogP contribution in [0.15, 0.2) is 48.7 Å². The number of anilines is 1. The molecule has 0 saturated carbocycles. The number of ether oxygens (including phenoxy) is 1. The normalized spacial score (nSPS) is 10.9. The quantitative estimate of drug-likeness (QED) is 0.726. The molecule has 0 atom stereocenters. The predicted octanol–water partition coefficient (Wildman–Crippen LogP) is 2.88. The maximum atomic E-state index is 11.7. The molecular weight excluding hydrogens is 292 g/mol. The zero-order chi connectivity index (χ0) is 16.4. The van der Waals surface area contributed by atoms with E-state index in [9.17, 15) is 9.90 Å². The minimum Gasteiger partial charge on any atom is -0.462 e. The molecule has 0 spiro atoms. The summed E-state index contributed by atoms with van der Waals surface area (Å²) in [5.41, 5.74) is 9.91. The van der Waals surface area contributed by atoms with Crippen LogP contribution in [-0.4, -0.2) is 22.2 Å². The maximum absolute atomic E-state index is 11.7. The molecule has 0 bridgehead atoms. The fourth-order valence-corrected chi connectivity index (χ4v) is 2.59. The van der Waals surface area contributed by atoms with Crippen LogP contribution in [0.25, 0.3) is 16.6 Å². The zero-order valence-corrected chi connectivity index (χ0v) is 12.8. The number of aliphatic hydroxyl groups excluding tert-OH is 1. The molecule has 0 aliphatic heterocycles. The van der Waals surface area contributed by atoms with E-state index < -0.39 is 0 Å². The number of esters is 1. The van der Waals surface area contributed by atoms with Crippen LogP contribution in [0.2, 0.25) is 0 Å². The molecule has 0 fully saturated rings. The topological polar surface area (TPSA) is 77.5 Å². The van der Waals surface area contributed by atoms with Gasteiger partial charge in [0.15, 0.2) is 0 Å². The highest BCUT2D eigenvalue weighted by molar-refractivity contribution is 5.94. The van der Waals surface area contributed by atoms with E-state index in [1.54, 1.807) is 19.1 Å². The second kappa shape index (κ2) is 6.14. The van der Waals surface area contributed by atoms with Gasteiger partial charge in [-0.1, -0.05) is 6.07 Å². The summed E-state index contributed by atoms with van der Waals surface area (Å²) in [6.45, 7) is 2.11. The number of nitrogen functional groups attached to an aromatic ring is 1. The van der Waals surface area contributed by atoms with Crippen molar-refractivity contribution >= 4 is 22.6 Å². The third-order valence-corrected chi connectivity index (χ3v) is 3.74. The number of rotatable bonds is 4. The number of benzene rings is 2.